The molecule has 4 rings (SSSR count). The maximum Gasteiger partial charge on any atom is 0.256 e. The second-order valence-electron chi connectivity index (χ2n) is 7.88. The first-order valence-electron chi connectivity index (χ1n) is 9.64. The minimum Gasteiger partial charge on any atom is -0.338 e. The lowest BCUT2D eigenvalue weighted by Gasteiger charge is -2.38. The lowest BCUT2D eigenvalue weighted by atomic mass is 9.94. The zero-order valence-corrected chi connectivity index (χ0v) is 15.1. The number of aromatic amines is 1. The molecular weight excluding hydrogens is 312 g/mol. The van der Waals surface area contributed by atoms with Gasteiger partial charge >= 0.3 is 0 Å². The Labute approximate surface area is 149 Å². The number of para-hydroxylation sites is 1. The van der Waals surface area contributed by atoms with Crippen LogP contribution in [-0.4, -0.2) is 58.6 Å². The van der Waals surface area contributed by atoms with Gasteiger partial charge in [0.1, 0.15) is 0 Å². The van der Waals surface area contributed by atoms with Gasteiger partial charge in [-0.25, -0.2) is 0 Å². The summed E-state index contributed by atoms with van der Waals surface area (Å²) in [7, 11) is 0. The molecule has 0 saturated carbocycles. The number of piperidine rings is 2. The molecule has 0 spiro atoms. The summed E-state index contributed by atoms with van der Waals surface area (Å²) in [6.07, 6.45) is 6.76. The van der Waals surface area contributed by atoms with Crippen LogP contribution in [0.3, 0.4) is 0 Å². The molecule has 1 N–H and O–H groups in total. The number of amides is 1. The molecule has 2 saturated heterocycles. The van der Waals surface area contributed by atoms with Crippen molar-refractivity contribution in [3.8, 4) is 0 Å². The summed E-state index contributed by atoms with van der Waals surface area (Å²) in [6.45, 7) is 7.70. The van der Waals surface area contributed by atoms with Gasteiger partial charge in [-0.05, 0) is 56.7 Å². The number of benzene rings is 1. The van der Waals surface area contributed by atoms with E-state index in [1.807, 2.05) is 18.2 Å². The molecule has 0 bridgehead atoms. The molecular formula is C20H28N4O. The van der Waals surface area contributed by atoms with E-state index in [9.17, 15) is 4.79 Å². The van der Waals surface area contributed by atoms with E-state index in [1.54, 1.807) is 6.20 Å². The topological polar surface area (TPSA) is 52.2 Å². The molecule has 3 heterocycles. The highest BCUT2D eigenvalue weighted by atomic mass is 16.2. The molecule has 2 fully saturated rings. The first-order chi connectivity index (χ1) is 12.2. The molecule has 0 aliphatic carbocycles. The van der Waals surface area contributed by atoms with Crippen LogP contribution in [0.5, 0.6) is 0 Å². The minimum absolute atomic E-state index is 0.145. The number of aromatic nitrogens is 2. The molecule has 2 aliphatic heterocycles. The summed E-state index contributed by atoms with van der Waals surface area (Å²) in [4.78, 5) is 17.7. The molecule has 2 aromatic rings. The van der Waals surface area contributed by atoms with Crippen LogP contribution in [0.15, 0.2) is 24.4 Å². The van der Waals surface area contributed by atoms with Gasteiger partial charge < -0.3 is 9.80 Å². The molecule has 1 aromatic heterocycles. The van der Waals surface area contributed by atoms with E-state index in [0.29, 0.717) is 5.92 Å². The van der Waals surface area contributed by atoms with Crippen molar-refractivity contribution in [1.82, 2.24) is 20.0 Å². The third-order valence-corrected chi connectivity index (χ3v) is 5.91. The van der Waals surface area contributed by atoms with E-state index in [4.69, 9.17) is 0 Å². The van der Waals surface area contributed by atoms with Gasteiger partial charge in [-0.3, -0.25) is 9.89 Å². The Kier molecular flexibility index (Phi) is 4.75. The highest BCUT2D eigenvalue weighted by molar-refractivity contribution is 6.05. The first-order valence-corrected chi connectivity index (χ1v) is 9.64. The Morgan fingerprint density at radius 2 is 2.08 bits per heavy atom. The number of nitrogens with zero attached hydrogens (tertiary/aromatic N) is 3. The van der Waals surface area contributed by atoms with Crippen molar-refractivity contribution in [2.45, 2.75) is 32.6 Å². The van der Waals surface area contributed by atoms with Crippen LogP contribution in [0.25, 0.3) is 10.9 Å². The minimum atomic E-state index is 0.145. The number of H-pyrrole nitrogens is 1. The van der Waals surface area contributed by atoms with Gasteiger partial charge in [0, 0.05) is 25.0 Å². The summed E-state index contributed by atoms with van der Waals surface area (Å²) >= 11 is 0. The van der Waals surface area contributed by atoms with Crippen molar-refractivity contribution >= 4 is 16.8 Å². The van der Waals surface area contributed by atoms with Crippen molar-refractivity contribution < 1.29 is 4.79 Å². The maximum absolute atomic E-state index is 13.1. The summed E-state index contributed by atoms with van der Waals surface area (Å²) < 4.78 is 0. The Hall–Kier alpha value is -1.88. The quantitative estimate of drug-likeness (QED) is 0.934. The van der Waals surface area contributed by atoms with Crippen LogP contribution in [0.2, 0.25) is 0 Å². The van der Waals surface area contributed by atoms with E-state index >= 15 is 0 Å². The number of carbonyl (C=O) groups is 1. The third kappa shape index (κ3) is 3.56. The second-order valence-corrected chi connectivity index (χ2v) is 7.88. The van der Waals surface area contributed by atoms with Gasteiger partial charge in [-0.1, -0.05) is 19.1 Å². The van der Waals surface area contributed by atoms with Crippen molar-refractivity contribution in [2.24, 2.45) is 11.8 Å². The Bertz CT molecular complexity index is 732. The summed E-state index contributed by atoms with van der Waals surface area (Å²) in [5, 5.41) is 8.07. The Morgan fingerprint density at radius 3 is 2.92 bits per heavy atom. The number of hydrogen-bond donors (Lipinski definition) is 1. The van der Waals surface area contributed by atoms with Crippen LogP contribution in [0.4, 0.5) is 0 Å². The Morgan fingerprint density at radius 1 is 1.24 bits per heavy atom. The lowest BCUT2D eigenvalue weighted by Crippen LogP contribution is -2.45. The number of nitrogens with one attached hydrogen (secondary N) is 1. The highest BCUT2D eigenvalue weighted by Crippen LogP contribution is 2.24. The van der Waals surface area contributed by atoms with Crippen LogP contribution >= 0.6 is 0 Å². The number of hydrogen-bond acceptors (Lipinski definition) is 3. The van der Waals surface area contributed by atoms with Crippen molar-refractivity contribution in [2.75, 3.05) is 32.7 Å². The van der Waals surface area contributed by atoms with Crippen molar-refractivity contribution in [3.63, 3.8) is 0 Å². The average Bonchev–Trinajstić information content (AvgIpc) is 3.12. The second kappa shape index (κ2) is 7.16. The van der Waals surface area contributed by atoms with Crippen LogP contribution in [-0.2, 0) is 0 Å². The molecule has 5 nitrogen and oxygen atoms in total. The van der Waals surface area contributed by atoms with E-state index in [2.05, 4.69) is 26.9 Å². The first kappa shape index (κ1) is 16.6. The number of likely N-dealkylation sites (tertiary alicyclic amines) is 2. The molecule has 25 heavy (non-hydrogen) atoms. The van der Waals surface area contributed by atoms with E-state index < -0.39 is 0 Å². The van der Waals surface area contributed by atoms with Gasteiger partial charge in [0.25, 0.3) is 5.91 Å². The molecule has 1 atom stereocenters. The summed E-state index contributed by atoms with van der Waals surface area (Å²) in [6, 6.07) is 5.85. The number of fused-ring (bicyclic) bond motifs is 1. The largest absolute Gasteiger partial charge is 0.338 e. The van der Waals surface area contributed by atoms with Gasteiger partial charge in [-0.2, -0.15) is 5.10 Å². The maximum atomic E-state index is 13.1. The molecule has 0 radical (unpaired) electrons. The molecule has 1 aromatic carbocycles. The average molecular weight is 340 g/mol. The lowest BCUT2D eigenvalue weighted by molar-refractivity contribution is 0.0624. The fraction of sp³-hybridized carbons (Fsp3) is 0.600. The summed E-state index contributed by atoms with van der Waals surface area (Å²) in [5.41, 5.74) is 1.61. The van der Waals surface area contributed by atoms with Gasteiger partial charge in [0.05, 0.1) is 17.3 Å². The molecule has 5 heteroatoms. The van der Waals surface area contributed by atoms with E-state index in [0.717, 1.165) is 48.4 Å². The SMILES string of the molecule is CC1CCN(C[C@H]2CCCN(C(=O)c3cccc4cn[nH]c34)C2)CC1. The molecule has 2 aliphatic rings. The predicted molar refractivity (Wildman–Crippen MR) is 99.6 cm³/mol. The number of rotatable bonds is 3. The van der Waals surface area contributed by atoms with Crippen LogP contribution in [0.1, 0.15) is 43.0 Å². The number of carbonyl (C=O) groups excluding carboxylic acids is 1. The molecule has 0 unspecified atom stereocenters. The van der Waals surface area contributed by atoms with Crippen LogP contribution < -0.4 is 0 Å². The van der Waals surface area contributed by atoms with E-state index in [-0.39, 0.29) is 5.91 Å². The predicted octanol–water partition coefficient (Wildman–Crippen LogP) is 3.15. The third-order valence-electron chi connectivity index (χ3n) is 5.91. The zero-order valence-electron chi connectivity index (χ0n) is 15.1. The fourth-order valence-electron chi connectivity index (χ4n) is 4.33. The summed E-state index contributed by atoms with van der Waals surface area (Å²) in [5.74, 6) is 1.62. The zero-order chi connectivity index (χ0) is 17.2. The molecule has 134 valence electrons. The monoisotopic (exact) mass is 340 g/mol. The van der Waals surface area contributed by atoms with E-state index in [1.165, 1.54) is 32.4 Å². The van der Waals surface area contributed by atoms with Crippen LogP contribution in [0, 0.1) is 11.8 Å². The van der Waals surface area contributed by atoms with Gasteiger partial charge in [0.15, 0.2) is 0 Å². The van der Waals surface area contributed by atoms with Gasteiger partial charge in [0.2, 0.25) is 0 Å². The highest BCUT2D eigenvalue weighted by Gasteiger charge is 2.27. The standard InChI is InChI=1S/C20H28N4O/c1-15-7-10-23(11-8-15)13-16-4-3-9-24(14-16)20(25)18-6-2-5-17-12-21-22-19(17)18/h2,5-6,12,15-16H,3-4,7-11,13-14H2,1H3,(H,21,22)/t16-/m1/s1. The van der Waals surface area contributed by atoms with Gasteiger partial charge in [-0.15, -0.1) is 0 Å². The fourth-order valence-corrected chi connectivity index (χ4v) is 4.33. The van der Waals surface area contributed by atoms with Crippen molar-refractivity contribution in [1.29, 1.82) is 0 Å². The Balaban J connectivity index is 1.42. The normalized spacial score (nSPS) is 23.2. The smallest absolute Gasteiger partial charge is 0.256 e. The van der Waals surface area contributed by atoms with Crippen molar-refractivity contribution in [3.05, 3.63) is 30.0 Å². The molecule has 1 amide bonds.